The summed E-state index contributed by atoms with van der Waals surface area (Å²) >= 11 is 0. The van der Waals surface area contributed by atoms with Gasteiger partial charge in [0.05, 0.1) is 10.6 Å². The van der Waals surface area contributed by atoms with Crippen molar-refractivity contribution < 1.29 is 18.0 Å². The summed E-state index contributed by atoms with van der Waals surface area (Å²) in [5.74, 6) is -0.713. The molecule has 0 saturated carbocycles. The first-order valence-electron chi connectivity index (χ1n) is 7.12. The number of carbonyl (C=O) groups excluding carboxylic acids is 2. The van der Waals surface area contributed by atoms with E-state index in [1.165, 1.54) is 35.9 Å². The van der Waals surface area contributed by atoms with Gasteiger partial charge in [0.15, 0.2) is 5.78 Å². The van der Waals surface area contributed by atoms with Gasteiger partial charge >= 0.3 is 0 Å². The zero-order valence-electron chi connectivity index (χ0n) is 13.5. The van der Waals surface area contributed by atoms with Gasteiger partial charge < -0.3 is 0 Å². The van der Waals surface area contributed by atoms with Crippen molar-refractivity contribution in [2.45, 2.75) is 32.2 Å². The molecule has 0 aliphatic carbocycles. The minimum absolute atomic E-state index is 0.0566. The number of benzene rings is 1. The molecule has 9 heteroatoms. The van der Waals surface area contributed by atoms with Gasteiger partial charge in [-0.15, -0.1) is 4.83 Å². The topological polar surface area (TPSA) is 110 Å². The van der Waals surface area contributed by atoms with Crippen LogP contribution < -0.4 is 10.3 Å². The van der Waals surface area contributed by atoms with E-state index in [4.69, 9.17) is 0 Å². The molecule has 0 atom stereocenters. The smallest absolute Gasteiger partial charge is 0.257 e. The molecular weight excluding hydrogens is 332 g/mol. The average molecular weight is 350 g/mol. The van der Waals surface area contributed by atoms with E-state index in [2.05, 4.69) is 10.5 Å². The van der Waals surface area contributed by atoms with Crippen molar-refractivity contribution in [2.24, 2.45) is 0 Å². The predicted octanol–water partition coefficient (Wildman–Crippen LogP) is 0.712. The Bertz CT molecular complexity index is 869. The van der Waals surface area contributed by atoms with Crippen LogP contribution >= 0.6 is 0 Å². The second kappa shape index (κ2) is 6.93. The van der Waals surface area contributed by atoms with Crippen LogP contribution in [0.2, 0.25) is 0 Å². The molecule has 1 aromatic heterocycles. The number of rotatable bonds is 6. The predicted molar refractivity (Wildman–Crippen MR) is 86.6 cm³/mol. The van der Waals surface area contributed by atoms with Gasteiger partial charge in [0, 0.05) is 11.3 Å². The van der Waals surface area contributed by atoms with Crippen molar-refractivity contribution in [3.8, 4) is 0 Å². The second-order valence-electron chi connectivity index (χ2n) is 5.32. The summed E-state index contributed by atoms with van der Waals surface area (Å²) in [6, 6.07) is 7.23. The van der Waals surface area contributed by atoms with Gasteiger partial charge in [-0.1, -0.05) is 12.1 Å². The van der Waals surface area contributed by atoms with Gasteiger partial charge in [-0.05, 0) is 39.0 Å². The largest absolute Gasteiger partial charge is 0.295 e. The molecule has 128 valence electrons. The Morgan fingerprint density at radius 1 is 1.17 bits per heavy atom. The molecule has 0 unspecified atom stereocenters. The summed E-state index contributed by atoms with van der Waals surface area (Å²) in [7, 11) is -3.92. The monoisotopic (exact) mass is 350 g/mol. The number of amides is 1. The summed E-state index contributed by atoms with van der Waals surface area (Å²) in [6.07, 6.45) is 0. The Morgan fingerprint density at radius 2 is 1.79 bits per heavy atom. The van der Waals surface area contributed by atoms with Gasteiger partial charge in [0.1, 0.15) is 6.54 Å². The van der Waals surface area contributed by atoms with E-state index < -0.39 is 15.9 Å². The van der Waals surface area contributed by atoms with E-state index in [1.807, 2.05) is 10.9 Å². The highest BCUT2D eigenvalue weighted by molar-refractivity contribution is 7.89. The minimum atomic E-state index is -3.92. The van der Waals surface area contributed by atoms with E-state index in [9.17, 15) is 18.0 Å². The number of hydrazine groups is 1. The van der Waals surface area contributed by atoms with E-state index >= 15 is 0 Å². The Hall–Kier alpha value is -2.52. The second-order valence-corrected chi connectivity index (χ2v) is 7.00. The highest BCUT2D eigenvalue weighted by atomic mass is 32.2. The lowest BCUT2D eigenvalue weighted by Gasteiger charge is -2.09. The fourth-order valence-electron chi connectivity index (χ4n) is 2.06. The lowest BCUT2D eigenvalue weighted by atomic mass is 10.2. The standard InChI is InChI=1S/C15H18N4O4S/c1-10-8-11(2)19(17-10)9-15(21)16-18-24(22,23)14-6-4-13(5-7-14)12(3)20/h4-8,18H,9H2,1-3H3,(H,16,21). The summed E-state index contributed by atoms with van der Waals surface area (Å²) in [5, 5.41) is 4.13. The number of aryl methyl sites for hydroxylation is 2. The lowest BCUT2D eigenvalue weighted by Crippen LogP contribution is -2.43. The molecule has 0 fully saturated rings. The molecule has 2 rings (SSSR count). The zero-order chi connectivity index (χ0) is 17.9. The molecular formula is C15H18N4O4S. The van der Waals surface area contributed by atoms with Crippen molar-refractivity contribution in [1.29, 1.82) is 0 Å². The van der Waals surface area contributed by atoms with Crippen molar-refractivity contribution in [3.63, 3.8) is 0 Å². The maximum Gasteiger partial charge on any atom is 0.257 e. The highest BCUT2D eigenvalue weighted by Gasteiger charge is 2.16. The molecule has 2 N–H and O–H groups in total. The summed E-state index contributed by atoms with van der Waals surface area (Å²) in [6.45, 7) is 4.88. The normalized spacial score (nSPS) is 11.3. The number of ketones is 1. The van der Waals surface area contributed by atoms with Crippen LogP contribution in [0.25, 0.3) is 0 Å². The number of hydrogen-bond acceptors (Lipinski definition) is 5. The number of hydrogen-bond donors (Lipinski definition) is 2. The lowest BCUT2D eigenvalue weighted by molar-refractivity contribution is -0.122. The quantitative estimate of drug-likeness (QED) is 0.589. The molecule has 24 heavy (non-hydrogen) atoms. The van der Waals surface area contributed by atoms with Crippen LogP contribution in [0.3, 0.4) is 0 Å². The fourth-order valence-corrected chi connectivity index (χ4v) is 2.92. The molecule has 0 aliphatic rings. The summed E-state index contributed by atoms with van der Waals surface area (Å²) < 4.78 is 25.7. The molecule has 1 amide bonds. The first-order valence-corrected chi connectivity index (χ1v) is 8.60. The summed E-state index contributed by atoms with van der Waals surface area (Å²) in [4.78, 5) is 25.0. The molecule has 2 aromatic rings. The Morgan fingerprint density at radius 3 is 2.29 bits per heavy atom. The average Bonchev–Trinajstić information content (AvgIpc) is 2.83. The number of Topliss-reactive ketones (excluding diaryl/α,β-unsaturated/α-hetero) is 1. The Kier molecular flexibility index (Phi) is 5.15. The minimum Gasteiger partial charge on any atom is -0.295 e. The molecule has 0 saturated heterocycles. The van der Waals surface area contributed by atoms with Crippen LogP contribution in [0.4, 0.5) is 0 Å². The highest BCUT2D eigenvalue weighted by Crippen LogP contribution is 2.10. The zero-order valence-corrected chi connectivity index (χ0v) is 14.3. The van der Waals surface area contributed by atoms with E-state index in [1.54, 1.807) is 13.8 Å². The Labute approximate surface area is 139 Å². The van der Waals surface area contributed by atoms with Crippen molar-refractivity contribution in [1.82, 2.24) is 20.0 Å². The van der Waals surface area contributed by atoms with E-state index in [0.717, 1.165) is 11.4 Å². The van der Waals surface area contributed by atoms with Gasteiger partial charge in [-0.25, -0.2) is 8.42 Å². The van der Waals surface area contributed by atoms with E-state index in [0.29, 0.717) is 5.56 Å². The fraction of sp³-hybridized carbons (Fsp3) is 0.267. The molecule has 0 bridgehead atoms. The third kappa shape index (κ3) is 4.27. The van der Waals surface area contributed by atoms with Crippen molar-refractivity contribution >= 4 is 21.7 Å². The molecule has 1 heterocycles. The third-order valence-electron chi connectivity index (χ3n) is 3.29. The van der Waals surface area contributed by atoms with Gasteiger partial charge in [-0.3, -0.25) is 19.7 Å². The maximum atomic E-state index is 12.1. The number of nitrogens with zero attached hydrogens (tertiary/aromatic N) is 2. The van der Waals surface area contributed by atoms with Crippen LogP contribution in [0.15, 0.2) is 35.2 Å². The molecule has 8 nitrogen and oxygen atoms in total. The van der Waals surface area contributed by atoms with Crippen LogP contribution in [0.1, 0.15) is 28.7 Å². The molecule has 0 radical (unpaired) electrons. The number of nitrogens with one attached hydrogen (secondary N) is 2. The van der Waals surface area contributed by atoms with Gasteiger partial charge in [-0.2, -0.15) is 5.10 Å². The van der Waals surface area contributed by atoms with Gasteiger partial charge in [0.25, 0.3) is 15.9 Å². The SMILES string of the molecule is CC(=O)c1ccc(S(=O)(=O)NNC(=O)Cn2nc(C)cc2C)cc1. The van der Waals surface area contributed by atoms with Crippen LogP contribution in [0, 0.1) is 13.8 Å². The van der Waals surface area contributed by atoms with Crippen molar-refractivity contribution in [2.75, 3.05) is 0 Å². The molecule has 1 aromatic carbocycles. The number of aromatic nitrogens is 2. The number of carbonyl (C=O) groups is 2. The molecule has 0 spiro atoms. The number of sulfonamides is 1. The van der Waals surface area contributed by atoms with Crippen LogP contribution in [-0.4, -0.2) is 29.9 Å². The van der Waals surface area contributed by atoms with E-state index in [-0.39, 0.29) is 17.2 Å². The first-order chi connectivity index (χ1) is 11.2. The van der Waals surface area contributed by atoms with Gasteiger partial charge in [0.2, 0.25) is 0 Å². The van der Waals surface area contributed by atoms with Crippen molar-refractivity contribution in [3.05, 3.63) is 47.3 Å². The maximum absolute atomic E-state index is 12.1. The molecule has 0 aliphatic heterocycles. The van der Waals surface area contributed by atoms with Crippen LogP contribution in [0.5, 0.6) is 0 Å². The Balaban J connectivity index is 2.00. The first kappa shape index (κ1) is 17.8. The van der Waals surface area contributed by atoms with Crippen LogP contribution in [-0.2, 0) is 21.4 Å². The third-order valence-corrected chi connectivity index (χ3v) is 4.56. The summed E-state index contributed by atoms with van der Waals surface area (Å²) in [5.41, 5.74) is 4.11.